The molecule has 1 fully saturated rings. The van der Waals surface area contributed by atoms with Gasteiger partial charge in [-0.3, -0.25) is 81.5 Å². The van der Waals surface area contributed by atoms with E-state index in [2.05, 4.69) is 79.1 Å². The van der Waals surface area contributed by atoms with Crippen molar-refractivity contribution in [1.82, 2.24) is 84.0 Å². The first kappa shape index (κ1) is 107. The molecule has 44 heteroatoms. The standard InChI is InChI=1S/C92H120N20O22S2/c1-49(2)78(111-80(121)60(94)41-54-46-97-61-20-11-9-18-58(54)61)90(131)110-71(44-75(96)116)87(128)106-67(39-52-24-28-56(113)29-25-52)83(124)108-70(43-74(95)115)86(127)105-68(40-53-26-30-57(114)31-27-53)84(125)109-72(45-77(118)119)88(129)107-69(42-55-47-98-62-21-12-10-19-59(55)62)85(126)101-63(32-36-135-4)81(122)104-66(38-51-16-7-6-8-17-51)82(123)102-64(22-13-14-34-93)91(132)112-35-15-23-73(112)89(130)99-48-76(117)100-50(3)79(120)103-65(92(133)134)33-37-136-5/h6-12,16-21,24-31,46-47,49-50,60,63-73,78,97-98,113-114H,13-15,22-23,32-45,48,93-94H2,1-5H3,(H2,95,115)(H2,96,116)(H,99,130)(H,100,117)(H,101,126)(H,102,123)(H,103,120)(H,104,122)(H,105,127)(H,106,128)(H,107,129)(H,108,124)(H,109,125)(H,110,131)(H,111,121)(H,118,119)(H,133,134)/t50-,60-,63-,64-,65-,66-,67-,68-,69-,70-,71-,72-,73-,78-/m0/s1. The molecule has 0 radical (unpaired) electrons. The van der Waals surface area contributed by atoms with Crippen LogP contribution in [0, 0.1) is 5.92 Å². The molecule has 1 aliphatic heterocycles. The van der Waals surface area contributed by atoms with Crippen molar-refractivity contribution in [3.05, 3.63) is 168 Å². The first-order chi connectivity index (χ1) is 64.8. The van der Waals surface area contributed by atoms with Crippen molar-refractivity contribution >= 4 is 152 Å². The van der Waals surface area contributed by atoms with Gasteiger partial charge in [-0.25, -0.2) is 4.79 Å². The number of nitrogens with two attached hydrogens (primary N) is 4. The van der Waals surface area contributed by atoms with Crippen LogP contribution in [0.1, 0.15) is 113 Å². The number of unbranched alkanes of at least 4 members (excludes halogenated alkanes) is 1. The van der Waals surface area contributed by atoms with E-state index in [0.29, 0.717) is 52.6 Å². The monoisotopic (exact) mass is 1920 g/mol. The fourth-order valence-electron chi connectivity index (χ4n) is 15.2. The minimum atomic E-state index is -2.15. The molecule has 1 saturated heterocycles. The maximum absolute atomic E-state index is 15.3. The fourth-order valence-corrected chi connectivity index (χ4v) is 16.1. The average Bonchev–Trinajstić information content (AvgIpc) is 1.66. The van der Waals surface area contributed by atoms with Gasteiger partial charge in [0.25, 0.3) is 0 Å². The van der Waals surface area contributed by atoms with Crippen LogP contribution in [0.3, 0.4) is 0 Å². The molecule has 27 N–H and O–H groups in total. The summed E-state index contributed by atoms with van der Waals surface area (Å²) in [6.45, 7) is 4.10. The van der Waals surface area contributed by atoms with Gasteiger partial charge in [0.05, 0.1) is 31.8 Å². The van der Waals surface area contributed by atoms with Gasteiger partial charge in [0, 0.05) is 66.4 Å². The van der Waals surface area contributed by atoms with Crippen molar-refractivity contribution < 1.29 is 107 Å². The zero-order valence-electron chi connectivity index (χ0n) is 75.8. The number of amides is 16. The summed E-state index contributed by atoms with van der Waals surface area (Å²) in [7, 11) is 0. The number of nitrogens with one attached hydrogen (secondary N) is 15. The molecule has 8 rings (SSSR count). The number of hydrogen-bond acceptors (Lipinski definition) is 24. The molecule has 16 amide bonds. The van der Waals surface area contributed by atoms with Crippen molar-refractivity contribution in [1.29, 1.82) is 0 Å². The van der Waals surface area contributed by atoms with Crippen LogP contribution < -0.4 is 92.1 Å². The van der Waals surface area contributed by atoms with Crippen LogP contribution in [-0.2, 0) is 118 Å². The molecule has 3 heterocycles. The number of likely N-dealkylation sites (tertiary alicyclic amines) is 1. The van der Waals surface area contributed by atoms with E-state index in [1.165, 1.54) is 90.1 Å². The van der Waals surface area contributed by atoms with E-state index in [1.54, 1.807) is 87.2 Å². The van der Waals surface area contributed by atoms with Gasteiger partial charge in [0.1, 0.15) is 90.0 Å². The number of para-hydroxylation sites is 2. The second-order valence-corrected chi connectivity index (χ2v) is 35.3. The maximum Gasteiger partial charge on any atom is 0.326 e. The summed E-state index contributed by atoms with van der Waals surface area (Å²) >= 11 is 2.65. The highest BCUT2D eigenvalue weighted by molar-refractivity contribution is 7.98. The zero-order chi connectivity index (χ0) is 99.4. The number of aromatic nitrogens is 2. The van der Waals surface area contributed by atoms with Crippen molar-refractivity contribution in [2.75, 3.05) is 43.7 Å². The van der Waals surface area contributed by atoms with Gasteiger partial charge in [-0.2, -0.15) is 23.5 Å². The number of carbonyl (C=O) groups is 18. The number of H-pyrrole nitrogens is 2. The Bertz CT molecular complexity index is 5380. The van der Waals surface area contributed by atoms with Gasteiger partial charge in [-0.05, 0) is 159 Å². The average molecular weight is 1920 g/mol. The third-order valence-electron chi connectivity index (χ3n) is 22.5. The summed E-state index contributed by atoms with van der Waals surface area (Å²) in [5.74, 6) is -19.8. The van der Waals surface area contributed by atoms with Gasteiger partial charge < -0.3 is 127 Å². The van der Waals surface area contributed by atoms with Gasteiger partial charge in [0.15, 0.2) is 0 Å². The van der Waals surface area contributed by atoms with E-state index in [-0.39, 0.29) is 80.0 Å². The lowest BCUT2D eigenvalue weighted by Gasteiger charge is -2.30. The van der Waals surface area contributed by atoms with Crippen molar-refractivity contribution in [3.8, 4) is 11.5 Å². The predicted molar refractivity (Wildman–Crippen MR) is 504 cm³/mol. The Labute approximate surface area is 791 Å². The maximum atomic E-state index is 15.3. The number of fused-ring (bicyclic) bond motifs is 2. The Kier molecular flexibility index (Phi) is 41.8. The summed E-state index contributed by atoms with van der Waals surface area (Å²) in [4.78, 5) is 261. The number of carboxylic acid groups (broad SMARTS) is 2. The number of aromatic amines is 2. The van der Waals surface area contributed by atoms with E-state index in [1.807, 2.05) is 24.3 Å². The van der Waals surface area contributed by atoms with Crippen LogP contribution >= 0.6 is 23.5 Å². The van der Waals surface area contributed by atoms with Crippen molar-refractivity contribution in [2.45, 2.75) is 202 Å². The smallest absolute Gasteiger partial charge is 0.326 e. The fraction of sp³-hybridized carbons (Fsp3) is 0.435. The Morgan fingerprint density at radius 1 is 0.434 bits per heavy atom. The number of phenolic OH excluding ortho intramolecular Hbond substituents is 2. The molecule has 7 aromatic rings. The second-order valence-electron chi connectivity index (χ2n) is 33.3. The topological polar surface area (TPSA) is 683 Å². The Balaban J connectivity index is 1.02. The van der Waals surface area contributed by atoms with Gasteiger partial charge >= 0.3 is 11.9 Å². The summed E-state index contributed by atoms with van der Waals surface area (Å²) in [6, 6.07) is 10.8. The Hall–Kier alpha value is -14.1. The van der Waals surface area contributed by atoms with Crippen molar-refractivity contribution in [3.63, 3.8) is 0 Å². The lowest BCUT2D eigenvalue weighted by atomic mass is 10.00. The van der Waals surface area contributed by atoms with Gasteiger partial charge in [-0.15, -0.1) is 0 Å². The molecule has 2 aromatic heterocycles. The number of phenols is 2. The summed E-state index contributed by atoms with van der Waals surface area (Å²) in [5.41, 5.74) is 27.1. The van der Waals surface area contributed by atoms with Gasteiger partial charge in [-0.1, -0.05) is 105 Å². The number of carbonyl (C=O) groups excluding carboxylic acids is 16. The van der Waals surface area contributed by atoms with Gasteiger partial charge in [0.2, 0.25) is 94.5 Å². The number of primary amides is 2. The molecule has 0 unspecified atom stereocenters. The summed E-state index contributed by atoms with van der Waals surface area (Å²) in [5, 5.41) is 74.8. The summed E-state index contributed by atoms with van der Waals surface area (Å²) in [6.07, 6.45) is 3.17. The van der Waals surface area contributed by atoms with E-state index in [9.17, 15) is 82.8 Å². The number of aromatic hydroxyl groups is 2. The largest absolute Gasteiger partial charge is 0.508 e. The highest BCUT2D eigenvalue weighted by Crippen LogP contribution is 2.25. The lowest BCUT2D eigenvalue weighted by Crippen LogP contribution is -2.62. The molecule has 732 valence electrons. The molecule has 0 bridgehead atoms. The molecule has 14 atom stereocenters. The van der Waals surface area contributed by atoms with Crippen LogP contribution in [0.4, 0.5) is 0 Å². The lowest BCUT2D eigenvalue weighted by molar-refractivity contribution is -0.142. The Morgan fingerprint density at radius 2 is 0.838 bits per heavy atom. The van der Waals surface area contributed by atoms with Crippen molar-refractivity contribution in [2.24, 2.45) is 28.9 Å². The third kappa shape index (κ3) is 33.2. The first-order valence-electron chi connectivity index (χ1n) is 44.2. The number of hydrogen-bond donors (Lipinski definition) is 23. The molecular weight excluding hydrogens is 1800 g/mol. The van der Waals surface area contributed by atoms with Crippen LogP contribution in [0.5, 0.6) is 11.5 Å². The van der Waals surface area contributed by atoms with E-state index >= 15 is 24.0 Å². The molecule has 42 nitrogen and oxygen atoms in total. The molecule has 136 heavy (non-hydrogen) atoms. The normalized spacial score (nSPS) is 15.2. The second kappa shape index (κ2) is 53.1. The summed E-state index contributed by atoms with van der Waals surface area (Å²) < 4.78 is 0. The van der Waals surface area contributed by atoms with Crippen LogP contribution in [0.25, 0.3) is 21.8 Å². The SMILES string of the molecule is CSCC[C@H](NC(=O)[C@H](C)NC(=O)CNC(=O)[C@@H]1CCCN1C(=O)[C@H](CCCCN)NC(=O)[C@H](Cc1ccccc1)NC(=O)[C@H](CCSC)NC(=O)[C@H](Cc1c[nH]c2ccccc12)NC(=O)[C@H](CC(=O)O)NC(=O)[C@H](Cc1ccc(O)cc1)NC(=O)[C@H](CC(N)=O)NC(=O)[C@H](Cc1ccc(O)cc1)NC(=O)[C@H](CC(N)=O)NC(=O)[C@@H](NC(=O)[C@@H](N)Cc1c[nH]c2ccccc12)C(C)C)C(=O)O. The number of nitrogens with zero attached hydrogens (tertiary/aromatic N) is 1. The third-order valence-corrected chi connectivity index (χ3v) is 23.8. The van der Waals surface area contributed by atoms with Crippen LogP contribution in [-0.4, -0.2) is 270 Å². The zero-order valence-corrected chi connectivity index (χ0v) is 77.4. The minimum Gasteiger partial charge on any atom is -0.508 e. The van der Waals surface area contributed by atoms with E-state index < -0.39 is 242 Å². The number of carboxylic acids is 2. The highest BCUT2D eigenvalue weighted by Gasteiger charge is 2.42. The molecule has 0 saturated carbocycles. The number of rotatable bonds is 55. The molecule has 0 spiro atoms. The van der Waals surface area contributed by atoms with Crippen LogP contribution in [0.2, 0.25) is 0 Å². The Morgan fingerprint density at radius 3 is 1.30 bits per heavy atom. The molecular formula is C92H120N20O22S2. The van der Waals surface area contributed by atoms with E-state index in [0.717, 1.165) is 10.9 Å². The number of thioether (sulfide) groups is 2. The van der Waals surface area contributed by atoms with Crippen LogP contribution in [0.15, 0.2) is 140 Å². The minimum absolute atomic E-state index is 0.00237. The molecule has 1 aliphatic rings. The quantitative estimate of drug-likeness (QED) is 0.0192. The number of benzene rings is 5. The first-order valence-corrected chi connectivity index (χ1v) is 47.0. The molecule has 5 aromatic carbocycles. The van der Waals surface area contributed by atoms with E-state index in [4.69, 9.17) is 22.9 Å². The predicted octanol–water partition coefficient (Wildman–Crippen LogP) is -1.55. The molecule has 0 aliphatic carbocycles. The highest BCUT2D eigenvalue weighted by atomic mass is 32.2. The number of aliphatic carboxylic acids is 2.